The first-order valence-corrected chi connectivity index (χ1v) is 8.81. The summed E-state index contributed by atoms with van der Waals surface area (Å²) in [6.07, 6.45) is 4.50. The van der Waals surface area contributed by atoms with E-state index in [1.54, 1.807) is 16.0 Å². The second-order valence-electron chi connectivity index (χ2n) is 6.85. The summed E-state index contributed by atoms with van der Waals surface area (Å²) in [7, 11) is 0. The van der Waals surface area contributed by atoms with Crippen molar-refractivity contribution in [3.05, 3.63) is 48.1 Å². The molecule has 2 aromatic rings. The van der Waals surface area contributed by atoms with Crippen LogP contribution in [0, 0.1) is 11.6 Å². The summed E-state index contributed by atoms with van der Waals surface area (Å²) in [4.78, 5) is 20.4. The average molecular weight is 361 g/mol. The summed E-state index contributed by atoms with van der Waals surface area (Å²) in [6, 6.07) is 3.52. The third-order valence-electron chi connectivity index (χ3n) is 5.18. The minimum atomic E-state index is -0.465. The standard InChI is InChI=1S/C18H21F2N5O/c1-12-10-15(17-21-4-5-25(12)17)22-18(26)24-8-6-23(7-9-24)16-11-13(19)2-3-14(16)20/h2-5,11-12,15H,6-10H2,1H3,(H,22,26). The number of aromatic nitrogens is 2. The van der Waals surface area contributed by atoms with Crippen LogP contribution >= 0.6 is 0 Å². The van der Waals surface area contributed by atoms with Gasteiger partial charge in [0.25, 0.3) is 0 Å². The van der Waals surface area contributed by atoms with Gasteiger partial charge in [0.1, 0.15) is 17.5 Å². The van der Waals surface area contributed by atoms with E-state index in [2.05, 4.69) is 21.8 Å². The number of imidazole rings is 1. The molecule has 3 heterocycles. The zero-order valence-corrected chi connectivity index (χ0v) is 14.5. The normalized spacial score (nSPS) is 22.4. The molecule has 0 aliphatic carbocycles. The number of rotatable bonds is 2. The molecule has 6 nitrogen and oxygen atoms in total. The number of piperazine rings is 1. The minimum absolute atomic E-state index is 0.0915. The Morgan fingerprint density at radius 3 is 2.77 bits per heavy atom. The summed E-state index contributed by atoms with van der Waals surface area (Å²) < 4.78 is 29.4. The van der Waals surface area contributed by atoms with Gasteiger partial charge in [-0.05, 0) is 25.5 Å². The van der Waals surface area contributed by atoms with Gasteiger partial charge in [0, 0.05) is 50.7 Å². The van der Waals surface area contributed by atoms with Crippen molar-refractivity contribution >= 4 is 11.7 Å². The quantitative estimate of drug-likeness (QED) is 0.895. The van der Waals surface area contributed by atoms with Crippen LogP contribution in [0.25, 0.3) is 0 Å². The smallest absolute Gasteiger partial charge is 0.318 e. The second kappa shape index (κ2) is 6.59. The van der Waals surface area contributed by atoms with Crippen LogP contribution in [0.15, 0.2) is 30.6 Å². The molecule has 0 saturated carbocycles. The molecule has 4 rings (SSSR count). The lowest BCUT2D eigenvalue weighted by atomic mass is 10.2. The predicted molar refractivity (Wildman–Crippen MR) is 93.0 cm³/mol. The molecular weight excluding hydrogens is 340 g/mol. The average Bonchev–Trinajstić information content (AvgIpc) is 3.22. The van der Waals surface area contributed by atoms with E-state index in [0.717, 1.165) is 24.4 Å². The number of carbonyl (C=O) groups is 1. The molecule has 138 valence electrons. The lowest BCUT2D eigenvalue weighted by Gasteiger charge is -2.36. The number of benzene rings is 1. The van der Waals surface area contributed by atoms with Crippen LogP contribution in [-0.2, 0) is 0 Å². The monoisotopic (exact) mass is 361 g/mol. The maximum Gasteiger partial charge on any atom is 0.318 e. The fourth-order valence-corrected chi connectivity index (χ4v) is 3.77. The molecule has 1 aromatic heterocycles. The van der Waals surface area contributed by atoms with Crippen LogP contribution < -0.4 is 10.2 Å². The van der Waals surface area contributed by atoms with E-state index >= 15 is 0 Å². The molecule has 0 spiro atoms. The van der Waals surface area contributed by atoms with E-state index in [9.17, 15) is 13.6 Å². The van der Waals surface area contributed by atoms with Crippen LogP contribution in [-0.4, -0.2) is 46.7 Å². The number of hydrogen-bond acceptors (Lipinski definition) is 3. The van der Waals surface area contributed by atoms with Gasteiger partial charge in [-0.1, -0.05) is 0 Å². The Morgan fingerprint density at radius 1 is 1.23 bits per heavy atom. The lowest BCUT2D eigenvalue weighted by molar-refractivity contribution is 0.189. The number of amides is 2. The fourth-order valence-electron chi connectivity index (χ4n) is 3.77. The zero-order valence-electron chi connectivity index (χ0n) is 14.5. The van der Waals surface area contributed by atoms with Crippen molar-refractivity contribution < 1.29 is 13.6 Å². The van der Waals surface area contributed by atoms with Crippen LogP contribution in [0.2, 0.25) is 0 Å². The van der Waals surface area contributed by atoms with Crippen molar-refractivity contribution in [2.45, 2.75) is 25.4 Å². The first-order valence-electron chi connectivity index (χ1n) is 8.81. The van der Waals surface area contributed by atoms with Gasteiger partial charge in [-0.25, -0.2) is 18.6 Å². The van der Waals surface area contributed by atoms with Gasteiger partial charge in [0.2, 0.25) is 0 Å². The number of fused-ring (bicyclic) bond motifs is 1. The number of nitrogens with zero attached hydrogens (tertiary/aromatic N) is 4. The van der Waals surface area contributed by atoms with Gasteiger partial charge in [0.05, 0.1) is 11.7 Å². The molecule has 2 atom stereocenters. The molecule has 8 heteroatoms. The molecule has 1 saturated heterocycles. The van der Waals surface area contributed by atoms with Gasteiger partial charge < -0.3 is 19.7 Å². The lowest BCUT2D eigenvalue weighted by Crippen LogP contribution is -2.52. The summed E-state index contributed by atoms with van der Waals surface area (Å²) in [5.74, 6) is -0.0326. The summed E-state index contributed by atoms with van der Waals surface area (Å²) >= 11 is 0. The molecule has 0 bridgehead atoms. The maximum atomic E-state index is 13.9. The first kappa shape index (κ1) is 16.8. The zero-order chi connectivity index (χ0) is 18.3. The Bertz CT molecular complexity index is 816. The van der Waals surface area contributed by atoms with Crippen molar-refractivity contribution in [3.63, 3.8) is 0 Å². The van der Waals surface area contributed by atoms with Gasteiger partial charge in [-0.15, -0.1) is 0 Å². The Balaban J connectivity index is 1.36. The highest BCUT2D eigenvalue weighted by atomic mass is 19.1. The Hall–Kier alpha value is -2.64. The van der Waals surface area contributed by atoms with Crippen LogP contribution in [0.3, 0.4) is 0 Å². The van der Waals surface area contributed by atoms with Gasteiger partial charge in [0.15, 0.2) is 0 Å². The minimum Gasteiger partial charge on any atom is -0.366 e. The van der Waals surface area contributed by atoms with E-state index in [1.165, 1.54) is 6.07 Å². The molecule has 0 radical (unpaired) electrons. The number of halogens is 2. The van der Waals surface area contributed by atoms with Crippen molar-refractivity contribution in [1.29, 1.82) is 0 Å². The highest BCUT2D eigenvalue weighted by Gasteiger charge is 2.32. The molecule has 2 aliphatic heterocycles. The van der Waals surface area contributed by atoms with Crippen molar-refractivity contribution in [1.82, 2.24) is 19.8 Å². The summed E-state index contributed by atoms with van der Waals surface area (Å²) in [5, 5.41) is 3.05. The maximum absolute atomic E-state index is 13.9. The first-order chi connectivity index (χ1) is 12.5. The third-order valence-corrected chi connectivity index (χ3v) is 5.18. The number of urea groups is 1. The summed E-state index contributed by atoms with van der Waals surface area (Å²) in [5.41, 5.74) is 0.247. The van der Waals surface area contributed by atoms with E-state index in [4.69, 9.17) is 0 Å². The number of nitrogens with one attached hydrogen (secondary N) is 1. The van der Waals surface area contributed by atoms with Gasteiger partial charge in [-0.3, -0.25) is 0 Å². The van der Waals surface area contributed by atoms with Crippen molar-refractivity contribution in [2.75, 3.05) is 31.1 Å². The van der Waals surface area contributed by atoms with Crippen LogP contribution in [0.1, 0.15) is 31.3 Å². The van der Waals surface area contributed by atoms with Crippen LogP contribution in [0.5, 0.6) is 0 Å². The van der Waals surface area contributed by atoms with E-state index in [1.807, 2.05) is 6.20 Å². The van der Waals surface area contributed by atoms with E-state index in [-0.39, 0.29) is 17.8 Å². The molecule has 26 heavy (non-hydrogen) atoms. The van der Waals surface area contributed by atoms with Gasteiger partial charge in [-0.2, -0.15) is 0 Å². The molecule has 2 aliphatic rings. The predicted octanol–water partition coefficient (Wildman–Crippen LogP) is 2.70. The van der Waals surface area contributed by atoms with E-state index in [0.29, 0.717) is 32.2 Å². The molecule has 2 amide bonds. The molecule has 1 aromatic carbocycles. The molecular formula is C18H21F2N5O. The largest absolute Gasteiger partial charge is 0.366 e. The SMILES string of the molecule is CC1CC(NC(=O)N2CCN(c3cc(F)ccc3F)CC2)c2nccn21. The third kappa shape index (κ3) is 3.00. The Labute approximate surface area is 150 Å². The number of hydrogen-bond donors (Lipinski definition) is 1. The highest BCUT2D eigenvalue weighted by molar-refractivity contribution is 5.75. The second-order valence-corrected chi connectivity index (χ2v) is 6.85. The molecule has 2 unspecified atom stereocenters. The number of carbonyl (C=O) groups excluding carboxylic acids is 1. The Morgan fingerprint density at radius 2 is 2.00 bits per heavy atom. The van der Waals surface area contributed by atoms with Gasteiger partial charge >= 0.3 is 6.03 Å². The van der Waals surface area contributed by atoms with Crippen LogP contribution in [0.4, 0.5) is 19.3 Å². The van der Waals surface area contributed by atoms with Crippen molar-refractivity contribution in [2.24, 2.45) is 0 Å². The highest BCUT2D eigenvalue weighted by Crippen LogP contribution is 2.32. The van der Waals surface area contributed by atoms with Crippen molar-refractivity contribution in [3.8, 4) is 0 Å². The number of anilines is 1. The fraction of sp³-hybridized carbons (Fsp3) is 0.444. The molecule has 1 fully saturated rings. The summed E-state index contributed by atoms with van der Waals surface area (Å²) in [6.45, 7) is 3.94. The topological polar surface area (TPSA) is 53.4 Å². The van der Waals surface area contributed by atoms with E-state index < -0.39 is 11.6 Å². The molecule has 1 N–H and O–H groups in total. The Kier molecular flexibility index (Phi) is 4.26.